The highest BCUT2D eigenvalue weighted by atomic mass is 32.1. The van der Waals surface area contributed by atoms with Gasteiger partial charge in [0.15, 0.2) is 11.5 Å². The van der Waals surface area contributed by atoms with Crippen LogP contribution in [0, 0.1) is 5.92 Å². The number of aromatic nitrogens is 2. The molecule has 2 amide bonds. The van der Waals surface area contributed by atoms with Crippen molar-refractivity contribution in [2.24, 2.45) is 5.92 Å². The minimum absolute atomic E-state index is 0.0140. The lowest BCUT2D eigenvalue weighted by molar-refractivity contribution is -0.137. The highest BCUT2D eigenvalue weighted by molar-refractivity contribution is 7.18. The number of hydrogen-bond acceptors (Lipinski definition) is 7. The lowest BCUT2D eigenvalue weighted by Crippen LogP contribution is -2.47. The molecule has 3 aromatic rings. The molecule has 4 rings (SSSR count). The molecule has 1 aliphatic rings. The number of rotatable bonds is 7. The molecule has 0 saturated carbocycles. The molecule has 2 aromatic carbocycles. The number of hydrogen-bond donors (Lipinski definition) is 2. The number of anilines is 1. The zero-order valence-electron chi connectivity index (χ0n) is 18.7. The molecule has 2 unspecified atom stereocenters. The van der Waals surface area contributed by atoms with E-state index in [4.69, 9.17) is 9.47 Å². The molecule has 0 spiro atoms. The summed E-state index contributed by atoms with van der Waals surface area (Å²) in [7, 11) is 0. The van der Waals surface area contributed by atoms with Gasteiger partial charge in [-0.25, -0.2) is 0 Å². The Hall–Kier alpha value is -3.67. The molecule has 184 valence electrons. The second kappa shape index (κ2) is 9.90. The summed E-state index contributed by atoms with van der Waals surface area (Å²) >= 11 is 1.15. The van der Waals surface area contributed by atoms with Crippen LogP contribution >= 0.6 is 11.3 Å². The van der Waals surface area contributed by atoms with E-state index in [0.717, 1.165) is 41.2 Å². The first-order valence-electron chi connectivity index (χ1n) is 10.7. The summed E-state index contributed by atoms with van der Waals surface area (Å²) in [5.74, 6) is -0.196. The van der Waals surface area contributed by atoms with Gasteiger partial charge in [0.1, 0.15) is 11.0 Å². The predicted molar refractivity (Wildman–Crippen MR) is 122 cm³/mol. The molecule has 1 aromatic heterocycles. The smallest absolute Gasteiger partial charge is 0.416 e. The van der Waals surface area contributed by atoms with E-state index in [1.165, 1.54) is 0 Å². The normalized spacial score (nSPS) is 14.3. The fourth-order valence-electron chi connectivity index (χ4n) is 3.34. The first-order chi connectivity index (χ1) is 16.7. The average Bonchev–Trinajstić information content (AvgIpc) is 3.50. The molecular weight excluding hydrogens is 485 g/mol. The third kappa shape index (κ3) is 5.53. The molecule has 2 heterocycles. The van der Waals surface area contributed by atoms with Gasteiger partial charge in [-0.3, -0.25) is 14.9 Å². The Labute approximate surface area is 202 Å². The summed E-state index contributed by atoms with van der Waals surface area (Å²) in [6.07, 6.45) is -3.93. The fourth-order valence-corrected chi connectivity index (χ4v) is 4.08. The van der Waals surface area contributed by atoms with Gasteiger partial charge in [-0.15, -0.1) is 10.2 Å². The van der Waals surface area contributed by atoms with Crippen LogP contribution < -0.4 is 20.1 Å². The summed E-state index contributed by atoms with van der Waals surface area (Å²) in [5, 5.41) is 14.2. The number of nitrogens with one attached hydrogen (secondary N) is 2. The van der Waals surface area contributed by atoms with Gasteiger partial charge < -0.3 is 14.8 Å². The van der Waals surface area contributed by atoms with Crippen molar-refractivity contribution in [3.05, 3.63) is 53.6 Å². The number of alkyl halides is 3. The number of carbonyl (C=O) groups is 2. The van der Waals surface area contributed by atoms with Crippen molar-refractivity contribution in [1.82, 2.24) is 15.5 Å². The van der Waals surface area contributed by atoms with Gasteiger partial charge in [-0.2, -0.15) is 13.2 Å². The highest BCUT2D eigenvalue weighted by Gasteiger charge is 2.31. The molecule has 0 fully saturated rings. The molecular formula is C23H21F3N4O4S. The maximum Gasteiger partial charge on any atom is 0.416 e. The van der Waals surface area contributed by atoms with Gasteiger partial charge in [-0.1, -0.05) is 31.6 Å². The van der Waals surface area contributed by atoms with Crippen molar-refractivity contribution in [1.29, 1.82) is 0 Å². The molecule has 1 aliphatic heterocycles. The van der Waals surface area contributed by atoms with Crippen LogP contribution in [0.3, 0.4) is 0 Å². The number of fused-ring (bicyclic) bond motifs is 1. The average molecular weight is 507 g/mol. The number of nitrogens with zero attached hydrogens (tertiary/aromatic N) is 2. The van der Waals surface area contributed by atoms with E-state index >= 15 is 0 Å². The largest absolute Gasteiger partial charge is 0.454 e. The number of benzene rings is 2. The Bertz CT molecular complexity index is 1230. The maximum atomic E-state index is 13.0. The molecule has 0 saturated heterocycles. The van der Waals surface area contributed by atoms with E-state index in [1.54, 1.807) is 25.1 Å². The quantitative estimate of drug-likeness (QED) is 0.480. The zero-order chi connectivity index (χ0) is 25.2. The van der Waals surface area contributed by atoms with Crippen molar-refractivity contribution in [2.75, 3.05) is 12.1 Å². The van der Waals surface area contributed by atoms with E-state index in [-0.39, 0.29) is 23.4 Å². The second-order valence-electron chi connectivity index (χ2n) is 7.88. The molecule has 2 atom stereocenters. The lowest BCUT2D eigenvalue weighted by Gasteiger charge is -2.23. The van der Waals surface area contributed by atoms with Crippen LogP contribution in [0.25, 0.3) is 10.6 Å². The first kappa shape index (κ1) is 24.5. The van der Waals surface area contributed by atoms with E-state index in [0.29, 0.717) is 22.9 Å². The molecule has 35 heavy (non-hydrogen) atoms. The monoisotopic (exact) mass is 506 g/mol. The highest BCUT2D eigenvalue weighted by Crippen LogP contribution is 2.37. The number of carbonyl (C=O) groups excluding carboxylic acids is 2. The Morgan fingerprint density at radius 3 is 2.49 bits per heavy atom. The number of halogens is 3. The minimum Gasteiger partial charge on any atom is -0.454 e. The van der Waals surface area contributed by atoms with Crippen LogP contribution in [-0.4, -0.2) is 34.8 Å². The summed E-state index contributed by atoms with van der Waals surface area (Å²) in [6, 6.07) is 8.18. The Morgan fingerprint density at radius 1 is 1.09 bits per heavy atom. The fraction of sp³-hybridized carbons (Fsp3) is 0.304. The summed E-state index contributed by atoms with van der Waals surface area (Å²) in [6.45, 7) is 3.79. The number of amides is 2. The second-order valence-corrected chi connectivity index (χ2v) is 8.86. The third-order valence-electron chi connectivity index (χ3n) is 5.53. The first-order valence-corrected chi connectivity index (χ1v) is 11.5. The van der Waals surface area contributed by atoms with Gasteiger partial charge >= 0.3 is 6.18 Å². The van der Waals surface area contributed by atoms with Crippen molar-refractivity contribution in [3.63, 3.8) is 0 Å². The third-order valence-corrected chi connectivity index (χ3v) is 6.42. The van der Waals surface area contributed by atoms with Crippen LogP contribution in [0.15, 0.2) is 42.5 Å². The van der Waals surface area contributed by atoms with E-state index < -0.39 is 29.6 Å². The molecule has 0 aliphatic carbocycles. The van der Waals surface area contributed by atoms with Crippen LogP contribution in [-0.2, 0) is 11.0 Å². The van der Waals surface area contributed by atoms with Crippen molar-refractivity contribution >= 4 is 28.3 Å². The van der Waals surface area contributed by atoms with Crippen LogP contribution in [0.1, 0.15) is 36.2 Å². The predicted octanol–water partition coefficient (Wildman–Crippen LogP) is 4.74. The van der Waals surface area contributed by atoms with Crippen molar-refractivity contribution < 1.29 is 32.2 Å². The summed E-state index contributed by atoms with van der Waals surface area (Å²) in [4.78, 5) is 25.6. The van der Waals surface area contributed by atoms with Gasteiger partial charge in [0.2, 0.25) is 17.8 Å². The molecule has 12 heteroatoms. The van der Waals surface area contributed by atoms with E-state index in [1.807, 2.05) is 6.92 Å². The molecule has 0 radical (unpaired) electrons. The van der Waals surface area contributed by atoms with Gasteiger partial charge in [-0.05, 0) is 48.4 Å². The van der Waals surface area contributed by atoms with E-state index in [2.05, 4.69) is 20.8 Å². The Morgan fingerprint density at radius 2 is 1.80 bits per heavy atom. The van der Waals surface area contributed by atoms with Crippen molar-refractivity contribution in [3.8, 4) is 22.1 Å². The summed E-state index contributed by atoms with van der Waals surface area (Å²) < 4.78 is 49.0. The maximum absolute atomic E-state index is 13.0. The van der Waals surface area contributed by atoms with Crippen molar-refractivity contribution in [2.45, 2.75) is 32.5 Å². The minimum atomic E-state index is -4.50. The SMILES string of the molecule is CCC(C)C(NC(=O)c1ccc(C(F)(F)F)cc1)C(=O)Nc1nnc(-c2ccc3c(c2)OCO3)s1. The van der Waals surface area contributed by atoms with Crippen LogP contribution in [0.2, 0.25) is 0 Å². The van der Waals surface area contributed by atoms with Crippen LogP contribution in [0.5, 0.6) is 11.5 Å². The zero-order valence-corrected chi connectivity index (χ0v) is 19.5. The molecule has 8 nitrogen and oxygen atoms in total. The molecule has 0 bridgehead atoms. The Kier molecular flexibility index (Phi) is 6.92. The lowest BCUT2D eigenvalue weighted by atomic mass is 9.98. The van der Waals surface area contributed by atoms with E-state index in [9.17, 15) is 22.8 Å². The number of ether oxygens (including phenoxy) is 2. The Balaban J connectivity index is 1.45. The van der Waals surface area contributed by atoms with Gasteiger partial charge in [0.25, 0.3) is 5.91 Å². The topological polar surface area (TPSA) is 102 Å². The standard InChI is InChI=1S/C23H21F3N4O4S/c1-3-12(2)18(27-19(31)13-4-7-15(8-5-13)23(24,25)26)20(32)28-22-30-29-21(35-22)14-6-9-16-17(10-14)34-11-33-16/h4-10,12,18H,3,11H2,1-2H3,(H,27,31)(H,28,30,32). The summed E-state index contributed by atoms with van der Waals surface area (Å²) in [5.41, 5.74) is -0.110. The molecule has 2 N–H and O–H groups in total. The van der Waals surface area contributed by atoms with Gasteiger partial charge in [0.05, 0.1) is 5.56 Å². The van der Waals surface area contributed by atoms with Crippen LogP contribution in [0.4, 0.5) is 18.3 Å². The van der Waals surface area contributed by atoms with Gasteiger partial charge in [0, 0.05) is 11.1 Å².